The lowest BCUT2D eigenvalue weighted by molar-refractivity contribution is -0.0494. The van der Waals surface area contributed by atoms with Gasteiger partial charge in [0.15, 0.2) is 0 Å². The average Bonchev–Trinajstić information content (AvgIpc) is 3.19. The van der Waals surface area contributed by atoms with Crippen molar-refractivity contribution in [3.8, 4) is 17.0 Å². The Bertz CT molecular complexity index is 1020. The second kappa shape index (κ2) is 9.07. The number of rotatable bonds is 7. The zero-order valence-electron chi connectivity index (χ0n) is 16.0. The quantitative estimate of drug-likeness (QED) is 0.586. The van der Waals surface area contributed by atoms with Crippen LogP contribution in [-0.4, -0.2) is 68.5 Å². The summed E-state index contributed by atoms with van der Waals surface area (Å²) in [6.45, 7) is -0.508. The molecule has 1 aliphatic heterocycles. The number of imidazole rings is 1. The summed E-state index contributed by atoms with van der Waals surface area (Å²) in [6, 6.07) is 4.61. The Morgan fingerprint density at radius 3 is 3.00 bits per heavy atom. The zero-order chi connectivity index (χ0) is 21.1. The van der Waals surface area contributed by atoms with E-state index >= 15 is 0 Å². The van der Waals surface area contributed by atoms with Crippen LogP contribution in [0.3, 0.4) is 0 Å². The van der Waals surface area contributed by atoms with Crippen LogP contribution in [0.5, 0.6) is 5.75 Å². The van der Waals surface area contributed by atoms with Crippen LogP contribution >= 0.6 is 11.6 Å². The third kappa shape index (κ3) is 4.45. The number of benzene rings is 1. The highest BCUT2D eigenvalue weighted by Gasteiger charge is 2.22. The molecule has 0 saturated carbocycles. The predicted octanol–water partition coefficient (Wildman–Crippen LogP) is 2.91. The molecule has 0 aliphatic carbocycles. The molecule has 0 unspecified atom stereocenters. The summed E-state index contributed by atoms with van der Waals surface area (Å²) in [6.07, 6.45) is 5.16. The average molecular weight is 439 g/mol. The number of fused-ring (bicyclic) bond motifs is 1. The Hall–Kier alpha value is -2.56. The molecule has 1 aromatic carbocycles. The fraction of sp³-hybridized carbons (Fsp3) is 0.421. The lowest BCUT2D eigenvalue weighted by atomic mass is 10.1. The molecule has 0 spiro atoms. The normalized spacial score (nSPS) is 17.6. The Labute approximate surface area is 176 Å². The van der Waals surface area contributed by atoms with Gasteiger partial charge in [0.25, 0.3) is 0 Å². The van der Waals surface area contributed by atoms with Gasteiger partial charge >= 0.3 is 6.61 Å². The summed E-state index contributed by atoms with van der Waals surface area (Å²) >= 11 is 5.94. The predicted molar refractivity (Wildman–Crippen MR) is 108 cm³/mol. The standard InChI is InChI=1S/C19H21ClF2N6O2/c20-12-3-4-14(16(8-12)30-18(21)22)17-15-9-23-11-28(15)19(26-25-17)24-13-2-1-5-27(10-13)6-7-29/h3-4,8-9,11,13,18,29H,1-2,5-7,10H2,(H,24,26)/t13-/m1/s1. The summed E-state index contributed by atoms with van der Waals surface area (Å²) in [5.74, 6) is 0.426. The van der Waals surface area contributed by atoms with Crippen LogP contribution in [0.1, 0.15) is 12.8 Å². The molecular formula is C19H21ClF2N6O2. The number of nitrogens with zero attached hydrogens (tertiary/aromatic N) is 5. The minimum absolute atomic E-state index is 0.0810. The summed E-state index contributed by atoms with van der Waals surface area (Å²) in [4.78, 5) is 6.37. The van der Waals surface area contributed by atoms with Crippen LogP contribution in [0.25, 0.3) is 16.8 Å². The van der Waals surface area contributed by atoms with Crippen LogP contribution in [-0.2, 0) is 0 Å². The van der Waals surface area contributed by atoms with Gasteiger partial charge in [-0.2, -0.15) is 8.78 Å². The molecule has 1 saturated heterocycles. The largest absolute Gasteiger partial charge is 0.434 e. The van der Waals surface area contributed by atoms with Crippen molar-refractivity contribution in [3.05, 3.63) is 35.7 Å². The Morgan fingerprint density at radius 1 is 1.33 bits per heavy atom. The monoisotopic (exact) mass is 438 g/mol. The molecule has 160 valence electrons. The van der Waals surface area contributed by atoms with Gasteiger partial charge < -0.3 is 15.2 Å². The summed E-state index contributed by atoms with van der Waals surface area (Å²) < 4.78 is 32.1. The van der Waals surface area contributed by atoms with E-state index in [1.807, 2.05) is 0 Å². The van der Waals surface area contributed by atoms with Crippen LogP contribution in [0.4, 0.5) is 14.7 Å². The van der Waals surface area contributed by atoms with Crippen molar-refractivity contribution in [3.63, 3.8) is 0 Å². The van der Waals surface area contributed by atoms with Gasteiger partial charge in [0.2, 0.25) is 5.95 Å². The number of β-amino-alcohol motifs (C(OH)–C–C–N with tert-alkyl or cyclic N) is 1. The number of halogens is 3. The van der Waals surface area contributed by atoms with Gasteiger partial charge in [-0.25, -0.2) is 4.98 Å². The second-order valence-corrected chi connectivity index (χ2v) is 7.48. The number of nitrogens with one attached hydrogen (secondary N) is 1. The maximum atomic E-state index is 12.9. The number of hydrogen-bond donors (Lipinski definition) is 2. The maximum absolute atomic E-state index is 12.9. The third-order valence-corrected chi connectivity index (χ3v) is 5.26. The molecule has 8 nitrogen and oxygen atoms in total. The summed E-state index contributed by atoms with van der Waals surface area (Å²) in [5, 5.41) is 21.4. The van der Waals surface area contributed by atoms with Gasteiger partial charge in [0.05, 0.1) is 18.3 Å². The Morgan fingerprint density at radius 2 is 2.20 bits per heavy atom. The maximum Gasteiger partial charge on any atom is 0.387 e. The number of aliphatic hydroxyl groups is 1. The highest BCUT2D eigenvalue weighted by molar-refractivity contribution is 6.30. The molecule has 1 aliphatic rings. The van der Waals surface area contributed by atoms with Gasteiger partial charge in [0.1, 0.15) is 17.8 Å². The van der Waals surface area contributed by atoms with E-state index in [1.54, 1.807) is 29.1 Å². The first kappa shape index (κ1) is 20.7. The highest BCUT2D eigenvalue weighted by Crippen LogP contribution is 2.35. The van der Waals surface area contributed by atoms with E-state index in [1.165, 1.54) is 6.07 Å². The lowest BCUT2D eigenvalue weighted by Gasteiger charge is -2.32. The fourth-order valence-corrected chi connectivity index (χ4v) is 3.87. The molecule has 4 rings (SSSR count). The first-order valence-corrected chi connectivity index (χ1v) is 9.96. The van der Waals surface area contributed by atoms with Crippen LogP contribution in [0.15, 0.2) is 30.7 Å². The number of piperidine rings is 1. The van der Waals surface area contributed by atoms with Gasteiger partial charge in [0, 0.05) is 29.7 Å². The molecular weight excluding hydrogens is 418 g/mol. The fourth-order valence-electron chi connectivity index (χ4n) is 3.71. The van der Waals surface area contributed by atoms with Crippen LogP contribution < -0.4 is 10.1 Å². The molecule has 3 aromatic rings. The lowest BCUT2D eigenvalue weighted by Crippen LogP contribution is -2.43. The van der Waals surface area contributed by atoms with Crippen molar-refractivity contribution in [2.75, 3.05) is 31.6 Å². The zero-order valence-corrected chi connectivity index (χ0v) is 16.8. The van der Waals surface area contributed by atoms with Gasteiger partial charge in [-0.3, -0.25) is 9.30 Å². The molecule has 2 N–H and O–H groups in total. The van der Waals surface area contributed by atoms with Gasteiger partial charge in [-0.1, -0.05) is 11.6 Å². The van der Waals surface area contributed by atoms with Crippen molar-refractivity contribution in [1.29, 1.82) is 0 Å². The van der Waals surface area contributed by atoms with Crippen molar-refractivity contribution < 1.29 is 18.6 Å². The Balaban J connectivity index is 1.65. The Kier molecular flexibility index (Phi) is 6.26. The molecule has 0 radical (unpaired) electrons. The first-order chi connectivity index (χ1) is 14.5. The number of likely N-dealkylation sites (tertiary alicyclic amines) is 1. The number of anilines is 1. The number of aromatic nitrogens is 4. The van der Waals surface area contributed by atoms with Crippen LogP contribution in [0, 0.1) is 0 Å². The van der Waals surface area contributed by atoms with Crippen LogP contribution in [0.2, 0.25) is 5.02 Å². The van der Waals surface area contributed by atoms with E-state index in [9.17, 15) is 13.9 Å². The second-order valence-electron chi connectivity index (χ2n) is 7.05. The number of ether oxygens (including phenoxy) is 1. The topological polar surface area (TPSA) is 87.8 Å². The SMILES string of the molecule is OCCN1CCC[C@@H](Nc2nnc(-c3ccc(Cl)cc3OC(F)F)c3cncn23)C1. The minimum atomic E-state index is -3.00. The molecule has 11 heteroatoms. The van der Waals surface area contributed by atoms with Crippen molar-refractivity contribution in [1.82, 2.24) is 24.5 Å². The smallest absolute Gasteiger partial charge is 0.387 e. The van der Waals surface area contributed by atoms with Crippen molar-refractivity contribution >= 4 is 23.1 Å². The molecule has 2 aromatic heterocycles. The molecule has 0 amide bonds. The first-order valence-electron chi connectivity index (χ1n) is 9.58. The summed E-state index contributed by atoms with van der Waals surface area (Å²) in [5.41, 5.74) is 1.30. The third-order valence-electron chi connectivity index (χ3n) is 5.02. The van der Waals surface area contributed by atoms with E-state index in [2.05, 4.69) is 30.1 Å². The van der Waals surface area contributed by atoms with E-state index in [0.717, 1.165) is 25.9 Å². The van der Waals surface area contributed by atoms with Crippen molar-refractivity contribution in [2.24, 2.45) is 0 Å². The highest BCUT2D eigenvalue weighted by atomic mass is 35.5. The van der Waals surface area contributed by atoms with Gasteiger partial charge in [-0.05, 0) is 37.6 Å². The van der Waals surface area contributed by atoms with E-state index in [-0.39, 0.29) is 23.4 Å². The van der Waals surface area contributed by atoms with Gasteiger partial charge in [-0.15, -0.1) is 10.2 Å². The molecule has 0 bridgehead atoms. The number of hydrogen-bond acceptors (Lipinski definition) is 7. The summed E-state index contributed by atoms with van der Waals surface area (Å²) in [7, 11) is 0. The number of alkyl halides is 2. The minimum Gasteiger partial charge on any atom is -0.434 e. The van der Waals surface area contributed by atoms with Crippen molar-refractivity contribution in [2.45, 2.75) is 25.5 Å². The number of aliphatic hydroxyl groups excluding tert-OH is 1. The molecule has 30 heavy (non-hydrogen) atoms. The van der Waals surface area contributed by atoms with E-state index in [4.69, 9.17) is 11.6 Å². The molecule has 3 heterocycles. The van der Waals surface area contributed by atoms with E-state index in [0.29, 0.717) is 29.3 Å². The van der Waals surface area contributed by atoms with E-state index < -0.39 is 6.61 Å². The molecule has 1 fully saturated rings. The molecule has 1 atom stereocenters.